The van der Waals surface area contributed by atoms with Gasteiger partial charge < -0.3 is 13.9 Å². The van der Waals surface area contributed by atoms with Gasteiger partial charge in [-0.15, -0.1) is 0 Å². The molecule has 0 saturated carbocycles. The topological polar surface area (TPSA) is 85.6 Å². The molecule has 0 spiro atoms. The van der Waals surface area contributed by atoms with Crippen molar-refractivity contribution in [2.45, 2.75) is 64.6 Å². The highest BCUT2D eigenvalue weighted by atomic mass is 28.4. The van der Waals surface area contributed by atoms with Crippen molar-refractivity contribution in [2.75, 3.05) is 13.7 Å². The van der Waals surface area contributed by atoms with Gasteiger partial charge in [-0.1, -0.05) is 76.2 Å². The van der Waals surface area contributed by atoms with Gasteiger partial charge in [-0.25, -0.2) is 4.79 Å². The van der Waals surface area contributed by atoms with E-state index in [-0.39, 0.29) is 12.4 Å². The number of carbonyl (C=O) groups is 2. The summed E-state index contributed by atoms with van der Waals surface area (Å²) in [5.41, 5.74) is 6.16. The summed E-state index contributed by atoms with van der Waals surface area (Å²) in [6, 6.07) is 25.1. The second-order valence-electron chi connectivity index (χ2n) is 10.9. The smallest absolute Gasteiger partial charge is 0.330 e. The Kier molecular flexibility index (Phi) is 11.7. The number of methoxy groups -OCH3 is 1. The maximum Gasteiger partial charge on any atom is 0.330 e. The highest BCUT2D eigenvalue weighted by Crippen LogP contribution is 2.38. The molecule has 6 nitrogen and oxygen atoms in total. The van der Waals surface area contributed by atoms with Crippen LogP contribution in [0.1, 0.15) is 63.3 Å². The summed E-state index contributed by atoms with van der Waals surface area (Å²) < 4.78 is 16.9. The molecule has 0 N–H and O–H groups in total. The predicted octanol–water partition coefficient (Wildman–Crippen LogP) is 7.83. The Morgan fingerprint density at radius 3 is 2.29 bits per heavy atom. The van der Waals surface area contributed by atoms with Crippen LogP contribution >= 0.6 is 0 Å². The van der Waals surface area contributed by atoms with Gasteiger partial charge in [0.1, 0.15) is 5.75 Å². The summed E-state index contributed by atoms with van der Waals surface area (Å²) in [5.74, 6) is 0.0530. The van der Waals surface area contributed by atoms with E-state index in [2.05, 4.69) is 58.0 Å². The molecule has 0 amide bonds. The normalized spacial score (nSPS) is 11.5. The van der Waals surface area contributed by atoms with E-state index in [0.717, 1.165) is 34.0 Å². The Morgan fingerprint density at radius 2 is 1.67 bits per heavy atom. The third kappa shape index (κ3) is 8.20. The molecule has 0 radical (unpaired) electrons. The second-order valence-corrected chi connectivity index (χ2v) is 15.7. The van der Waals surface area contributed by atoms with E-state index in [1.54, 1.807) is 13.0 Å². The maximum absolute atomic E-state index is 11.9. The van der Waals surface area contributed by atoms with Gasteiger partial charge in [0.2, 0.25) is 0 Å². The molecule has 3 rings (SSSR count). The second kappa shape index (κ2) is 15.2. The quantitative estimate of drug-likeness (QED) is 0.116. The number of hydrogen-bond acceptors (Lipinski definition) is 6. The molecule has 0 aliphatic rings. The van der Waals surface area contributed by atoms with E-state index in [1.807, 2.05) is 42.5 Å². The van der Waals surface area contributed by atoms with E-state index < -0.39 is 14.3 Å². The minimum atomic E-state index is -2.42. The van der Waals surface area contributed by atoms with Crippen molar-refractivity contribution in [3.63, 3.8) is 0 Å². The number of rotatable bonds is 13. The highest BCUT2D eigenvalue weighted by Gasteiger charge is 2.44. The molecule has 3 aromatic carbocycles. The number of benzene rings is 3. The SMILES string of the molecule is CCOC(=O)/C=C/c1ccc(O[Si](Cc2ccc(-c3ccccc3C#N)cc2)(C(C)C)C(C)C)cc1CCC(=O)OC. The van der Waals surface area contributed by atoms with Gasteiger partial charge in [0.25, 0.3) is 8.32 Å². The van der Waals surface area contributed by atoms with Crippen molar-refractivity contribution >= 4 is 26.3 Å². The van der Waals surface area contributed by atoms with Crippen LogP contribution in [0.3, 0.4) is 0 Å². The van der Waals surface area contributed by atoms with Crippen molar-refractivity contribution < 1.29 is 23.5 Å². The first-order valence-electron chi connectivity index (χ1n) is 14.5. The summed E-state index contributed by atoms with van der Waals surface area (Å²) >= 11 is 0. The average Bonchev–Trinajstić information content (AvgIpc) is 2.99. The van der Waals surface area contributed by atoms with E-state index in [9.17, 15) is 14.9 Å². The fourth-order valence-corrected chi connectivity index (χ4v) is 9.36. The Labute approximate surface area is 251 Å². The first kappa shape index (κ1) is 32.4. The summed E-state index contributed by atoms with van der Waals surface area (Å²) in [6.07, 6.45) is 3.80. The van der Waals surface area contributed by atoms with E-state index >= 15 is 0 Å². The van der Waals surface area contributed by atoms with Crippen LogP contribution in [0.5, 0.6) is 5.75 Å². The zero-order valence-electron chi connectivity index (χ0n) is 25.5. The van der Waals surface area contributed by atoms with E-state index in [1.165, 1.54) is 18.7 Å². The van der Waals surface area contributed by atoms with Crippen LogP contribution in [0.4, 0.5) is 0 Å². The zero-order valence-corrected chi connectivity index (χ0v) is 26.5. The van der Waals surface area contributed by atoms with Gasteiger partial charge in [-0.2, -0.15) is 5.26 Å². The van der Waals surface area contributed by atoms with Crippen molar-refractivity contribution in [3.8, 4) is 22.9 Å². The van der Waals surface area contributed by atoms with Crippen LogP contribution in [0, 0.1) is 11.3 Å². The molecule has 0 unspecified atom stereocenters. The molecular weight excluding hydrogens is 542 g/mol. The lowest BCUT2D eigenvalue weighted by Crippen LogP contribution is -2.50. The van der Waals surface area contributed by atoms with Gasteiger partial charge in [0.05, 0.1) is 25.3 Å². The Morgan fingerprint density at radius 1 is 0.976 bits per heavy atom. The molecule has 0 bridgehead atoms. The molecule has 220 valence electrons. The molecule has 42 heavy (non-hydrogen) atoms. The summed E-state index contributed by atoms with van der Waals surface area (Å²) in [4.78, 5) is 23.9. The lowest BCUT2D eigenvalue weighted by Gasteiger charge is -2.39. The van der Waals surface area contributed by atoms with Gasteiger partial charge in [-0.3, -0.25) is 4.79 Å². The lowest BCUT2D eigenvalue weighted by atomic mass is 10.00. The zero-order chi connectivity index (χ0) is 30.7. The average molecular weight is 584 g/mol. The summed E-state index contributed by atoms with van der Waals surface area (Å²) in [5, 5.41) is 9.53. The summed E-state index contributed by atoms with van der Waals surface area (Å²) in [6.45, 7) is 11.0. The highest BCUT2D eigenvalue weighted by molar-refractivity contribution is 6.76. The molecule has 0 aliphatic carbocycles. The number of ether oxygens (including phenoxy) is 2. The van der Waals surface area contributed by atoms with Gasteiger partial charge in [-0.05, 0) is 76.5 Å². The minimum Gasteiger partial charge on any atom is -0.543 e. The fourth-order valence-electron chi connectivity index (χ4n) is 5.23. The number of hydrogen-bond donors (Lipinski definition) is 0. The van der Waals surface area contributed by atoms with Crippen molar-refractivity contribution in [1.29, 1.82) is 5.26 Å². The monoisotopic (exact) mass is 583 g/mol. The third-order valence-corrected chi connectivity index (χ3v) is 13.2. The largest absolute Gasteiger partial charge is 0.543 e. The molecular formula is C35H41NO5Si. The van der Waals surface area contributed by atoms with Gasteiger partial charge in [0, 0.05) is 18.5 Å². The molecule has 0 aliphatic heterocycles. The minimum absolute atomic E-state index is 0.221. The van der Waals surface area contributed by atoms with Crippen LogP contribution in [0.15, 0.2) is 72.8 Å². The number of nitrogens with zero attached hydrogens (tertiary/aromatic N) is 1. The standard InChI is InChI=1S/C35H41NO5Si/c1-7-40-35(38)21-17-28-16-19-32(22-30(28)18-20-34(37)39-6)41-42(25(2)3,26(4)5)24-27-12-14-29(15-13-27)33-11-9-8-10-31(33)23-36/h8-17,19,21-22,25-26H,7,18,20,24H2,1-6H3/b21-17+. The molecule has 0 heterocycles. The first-order valence-corrected chi connectivity index (χ1v) is 16.7. The molecule has 7 heteroatoms. The van der Waals surface area contributed by atoms with Crippen molar-refractivity contribution in [3.05, 3.63) is 95.1 Å². The Hall–Kier alpha value is -4.15. The van der Waals surface area contributed by atoms with Gasteiger partial charge >= 0.3 is 11.9 Å². The number of carbonyl (C=O) groups excluding carboxylic acids is 2. The fraction of sp³-hybridized carbons (Fsp3) is 0.343. The molecule has 0 saturated heterocycles. The van der Waals surface area contributed by atoms with Crippen LogP contribution in [-0.4, -0.2) is 34.0 Å². The molecule has 0 fully saturated rings. The predicted molar refractivity (Wildman–Crippen MR) is 169 cm³/mol. The van der Waals surface area contributed by atoms with E-state index in [0.29, 0.717) is 29.7 Å². The molecule has 0 atom stereocenters. The van der Waals surface area contributed by atoms with Crippen LogP contribution in [-0.2, 0) is 31.5 Å². The number of aryl methyl sites for hydroxylation is 1. The van der Waals surface area contributed by atoms with Crippen molar-refractivity contribution in [1.82, 2.24) is 0 Å². The van der Waals surface area contributed by atoms with Crippen LogP contribution < -0.4 is 4.43 Å². The maximum atomic E-state index is 11.9. The third-order valence-electron chi connectivity index (χ3n) is 7.68. The van der Waals surface area contributed by atoms with Crippen LogP contribution in [0.25, 0.3) is 17.2 Å². The molecule has 3 aromatic rings. The molecule has 0 aromatic heterocycles. The van der Waals surface area contributed by atoms with E-state index in [4.69, 9.17) is 13.9 Å². The number of nitriles is 1. The Bertz CT molecular complexity index is 1430. The summed E-state index contributed by atoms with van der Waals surface area (Å²) in [7, 11) is -1.04. The Balaban J connectivity index is 1.94. The van der Waals surface area contributed by atoms with Crippen molar-refractivity contribution in [2.24, 2.45) is 0 Å². The first-order chi connectivity index (χ1) is 20.1. The van der Waals surface area contributed by atoms with Gasteiger partial charge in [0.15, 0.2) is 0 Å². The van der Waals surface area contributed by atoms with Crippen LogP contribution in [0.2, 0.25) is 11.1 Å². The number of esters is 2. The lowest BCUT2D eigenvalue weighted by molar-refractivity contribution is -0.140.